The van der Waals surface area contributed by atoms with E-state index >= 15 is 0 Å². The van der Waals surface area contributed by atoms with Gasteiger partial charge in [-0.15, -0.1) is 0 Å². The first-order valence-electron chi connectivity index (χ1n) is 4.36. The van der Waals surface area contributed by atoms with Crippen LogP contribution in [0.3, 0.4) is 0 Å². The van der Waals surface area contributed by atoms with Crippen LogP contribution in [0.4, 0.5) is 4.39 Å². The molecule has 1 aliphatic rings. The minimum absolute atomic E-state index is 0.192. The lowest BCUT2D eigenvalue weighted by molar-refractivity contribution is 0.267. The summed E-state index contributed by atoms with van der Waals surface area (Å²) < 4.78 is 18.3. The van der Waals surface area contributed by atoms with E-state index in [-0.39, 0.29) is 11.4 Å². The summed E-state index contributed by atoms with van der Waals surface area (Å²) in [7, 11) is 0. The minimum atomic E-state index is -0.327. The number of benzene rings is 1. The Morgan fingerprint density at radius 2 is 2.08 bits per heavy atom. The second-order valence-corrected chi connectivity index (χ2v) is 3.58. The molecule has 0 bridgehead atoms. The molecule has 3 heteroatoms. The smallest absolute Gasteiger partial charge is 0.165 e. The van der Waals surface area contributed by atoms with Crippen molar-refractivity contribution in [2.75, 3.05) is 6.61 Å². The van der Waals surface area contributed by atoms with Gasteiger partial charge in [0.15, 0.2) is 11.6 Å². The topological polar surface area (TPSA) is 35.2 Å². The fraction of sp³-hybridized carbons (Fsp3) is 0.400. The monoisotopic (exact) mass is 181 g/mol. The Bertz CT molecular complexity index is 310. The van der Waals surface area contributed by atoms with Crippen LogP contribution in [-0.4, -0.2) is 12.1 Å². The highest BCUT2D eigenvalue weighted by Gasteiger charge is 2.39. The maximum absolute atomic E-state index is 13.0. The lowest BCUT2D eigenvalue weighted by Gasteiger charge is -2.11. The molecule has 0 saturated heterocycles. The molecular formula is C10H12FNO. The van der Waals surface area contributed by atoms with Gasteiger partial charge in [-0.3, -0.25) is 0 Å². The zero-order valence-corrected chi connectivity index (χ0v) is 7.29. The molecule has 1 aliphatic carbocycles. The fourth-order valence-corrected chi connectivity index (χ4v) is 1.09. The van der Waals surface area contributed by atoms with E-state index in [4.69, 9.17) is 10.5 Å². The summed E-state index contributed by atoms with van der Waals surface area (Å²) in [6.07, 6.45) is 1.95. The molecule has 0 unspecified atom stereocenters. The molecule has 0 radical (unpaired) electrons. The van der Waals surface area contributed by atoms with Crippen molar-refractivity contribution in [2.45, 2.75) is 18.4 Å². The van der Waals surface area contributed by atoms with Gasteiger partial charge >= 0.3 is 0 Å². The van der Waals surface area contributed by atoms with Gasteiger partial charge in [0.05, 0.1) is 5.54 Å². The molecule has 1 aromatic carbocycles. The Morgan fingerprint density at radius 3 is 2.69 bits per heavy atom. The van der Waals surface area contributed by atoms with Crippen molar-refractivity contribution < 1.29 is 9.13 Å². The molecule has 1 fully saturated rings. The molecule has 2 nitrogen and oxygen atoms in total. The Balaban J connectivity index is 1.97. The number of hydrogen-bond donors (Lipinski definition) is 1. The molecule has 0 aliphatic heterocycles. The average molecular weight is 181 g/mol. The van der Waals surface area contributed by atoms with Crippen LogP contribution < -0.4 is 10.5 Å². The van der Waals surface area contributed by atoms with Gasteiger partial charge in [0.2, 0.25) is 0 Å². The highest BCUT2D eigenvalue weighted by Crippen LogP contribution is 2.32. The Kier molecular flexibility index (Phi) is 1.96. The van der Waals surface area contributed by atoms with Gasteiger partial charge in [0.1, 0.15) is 6.61 Å². The quantitative estimate of drug-likeness (QED) is 0.770. The molecule has 0 heterocycles. The number of para-hydroxylation sites is 1. The number of hydrogen-bond acceptors (Lipinski definition) is 2. The van der Waals surface area contributed by atoms with E-state index in [1.807, 2.05) is 0 Å². The molecular weight excluding hydrogens is 169 g/mol. The summed E-state index contributed by atoms with van der Waals surface area (Å²) in [4.78, 5) is 0. The third-order valence-electron chi connectivity index (χ3n) is 2.24. The van der Waals surface area contributed by atoms with E-state index in [9.17, 15) is 4.39 Å². The van der Waals surface area contributed by atoms with Crippen LogP contribution in [0.15, 0.2) is 24.3 Å². The number of ether oxygens (including phenoxy) is 1. The van der Waals surface area contributed by atoms with Crippen molar-refractivity contribution in [3.8, 4) is 5.75 Å². The van der Waals surface area contributed by atoms with Crippen molar-refractivity contribution in [3.05, 3.63) is 30.1 Å². The van der Waals surface area contributed by atoms with Crippen LogP contribution in [-0.2, 0) is 0 Å². The second kappa shape index (κ2) is 3.00. The van der Waals surface area contributed by atoms with Gasteiger partial charge in [-0.05, 0) is 25.0 Å². The Labute approximate surface area is 76.5 Å². The van der Waals surface area contributed by atoms with Crippen LogP contribution in [0.1, 0.15) is 12.8 Å². The average Bonchev–Trinajstić information content (AvgIpc) is 2.83. The molecule has 1 aromatic rings. The minimum Gasteiger partial charge on any atom is -0.489 e. The molecule has 2 rings (SSSR count). The lowest BCUT2D eigenvalue weighted by Crippen LogP contribution is -2.29. The van der Waals surface area contributed by atoms with E-state index in [0.717, 1.165) is 12.8 Å². The second-order valence-electron chi connectivity index (χ2n) is 3.58. The number of rotatable bonds is 3. The third-order valence-corrected chi connectivity index (χ3v) is 2.24. The lowest BCUT2D eigenvalue weighted by atomic mass is 10.3. The predicted octanol–water partition coefficient (Wildman–Crippen LogP) is 1.70. The summed E-state index contributed by atoms with van der Waals surface area (Å²) in [5.41, 5.74) is 5.60. The summed E-state index contributed by atoms with van der Waals surface area (Å²) in [5, 5.41) is 0. The van der Waals surface area contributed by atoms with Crippen LogP contribution >= 0.6 is 0 Å². The highest BCUT2D eigenvalue weighted by atomic mass is 19.1. The maximum atomic E-state index is 13.0. The summed E-state index contributed by atoms with van der Waals surface area (Å²) >= 11 is 0. The first-order chi connectivity index (χ1) is 6.20. The van der Waals surface area contributed by atoms with Crippen molar-refractivity contribution in [1.82, 2.24) is 0 Å². The molecule has 0 atom stereocenters. The predicted molar refractivity (Wildman–Crippen MR) is 48.0 cm³/mol. The largest absolute Gasteiger partial charge is 0.489 e. The normalized spacial score (nSPS) is 18.3. The highest BCUT2D eigenvalue weighted by molar-refractivity contribution is 5.24. The van der Waals surface area contributed by atoms with Crippen molar-refractivity contribution >= 4 is 0 Å². The first kappa shape index (κ1) is 8.51. The van der Waals surface area contributed by atoms with E-state index in [1.54, 1.807) is 18.2 Å². The molecule has 0 amide bonds. The van der Waals surface area contributed by atoms with E-state index in [1.165, 1.54) is 6.07 Å². The van der Waals surface area contributed by atoms with Crippen LogP contribution in [0.5, 0.6) is 5.75 Å². The summed E-state index contributed by atoms with van der Waals surface area (Å²) in [5.74, 6) is -0.0361. The van der Waals surface area contributed by atoms with Crippen LogP contribution in [0.25, 0.3) is 0 Å². The first-order valence-corrected chi connectivity index (χ1v) is 4.36. The molecule has 2 N–H and O–H groups in total. The third kappa shape index (κ3) is 1.98. The number of nitrogens with two attached hydrogens (primary N) is 1. The van der Waals surface area contributed by atoms with Gasteiger partial charge in [0.25, 0.3) is 0 Å². The SMILES string of the molecule is NC1(COc2ccccc2F)CC1. The van der Waals surface area contributed by atoms with Crippen molar-refractivity contribution in [2.24, 2.45) is 5.73 Å². The molecule has 0 aromatic heterocycles. The number of halogens is 1. The van der Waals surface area contributed by atoms with Crippen molar-refractivity contribution in [1.29, 1.82) is 0 Å². The molecule has 70 valence electrons. The Hall–Kier alpha value is -1.09. The van der Waals surface area contributed by atoms with Gasteiger partial charge in [0, 0.05) is 0 Å². The Morgan fingerprint density at radius 1 is 1.38 bits per heavy atom. The van der Waals surface area contributed by atoms with Gasteiger partial charge < -0.3 is 10.5 Å². The zero-order chi connectivity index (χ0) is 9.31. The standard InChI is InChI=1S/C10H12FNO/c11-8-3-1-2-4-9(8)13-7-10(12)5-6-10/h1-4H,5-7,12H2. The van der Waals surface area contributed by atoms with Gasteiger partial charge in [-0.2, -0.15) is 0 Å². The van der Waals surface area contributed by atoms with Crippen LogP contribution in [0.2, 0.25) is 0 Å². The van der Waals surface area contributed by atoms with Gasteiger partial charge in [-0.1, -0.05) is 12.1 Å². The van der Waals surface area contributed by atoms with E-state index in [0.29, 0.717) is 12.4 Å². The summed E-state index contributed by atoms with van der Waals surface area (Å²) in [6, 6.07) is 6.37. The van der Waals surface area contributed by atoms with Crippen molar-refractivity contribution in [3.63, 3.8) is 0 Å². The van der Waals surface area contributed by atoms with E-state index < -0.39 is 0 Å². The maximum Gasteiger partial charge on any atom is 0.165 e. The van der Waals surface area contributed by atoms with E-state index in [2.05, 4.69) is 0 Å². The molecule has 1 saturated carbocycles. The molecule has 0 spiro atoms. The molecule has 13 heavy (non-hydrogen) atoms. The zero-order valence-electron chi connectivity index (χ0n) is 7.29. The fourth-order valence-electron chi connectivity index (χ4n) is 1.09. The summed E-state index contributed by atoms with van der Waals surface area (Å²) in [6.45, 7) is 0.411. The van der Waals surface area contributed by atoms with Crippen LogP contribution in [0, 0.1) is 5.82 Å². The van der Waals surface area contributed by atoms with Gasteiger partial charge in [-0.25, -0.2) is 4.39 Å².